The van der Waals surface area contributed by atoms with Gasteiger partial charge >= 0.3 is 0 Å². The molecule has 0 unspecified atom stereocenters. The van der Waals surface area contributed by atoms with E-state index in [9.17, 15) is 9.59 Å². The highest BCUT2D eigenvalue weighted by Gasteiger charge is 2.21. The summed E-state index contributed by atoms with van der Waals surface area (Å²) in [5, 5.41) is 2.74. The van der Waals surface area contributed by atoms with Gasteiger partial charge in [-0.15, -0.1) is 0 Å². The van der Waals surface area contributed by atoms with E-state index >= 15 is 0 Å². The maximum atomic E-state index is 12.4. The van der Waals surface area contributed by atoms with Gasteiger partial charge in [-0.2, -0.15) is 0 Å². The second kappa shape index (κ2) is 8.82. The van der Waals surface area contributed by atoms with Gasteiger partial charge in [-0.05, 0) is 37.1 Å². The fourth-order valence-corrected chi connectivity index (χ4v) is 3.34. The second-order valence-corrected chi connectivity index (χ2v) is 7.14. The Balaban J connectivity index is 1.44. The fraction of sp³-hybridized carbons (Fsp3) is 0.364. The van der Waals surface area contributed by atoms with Gasteiger partial charge in [0.05, 0.1) is 6.54 Å². The molecule has 27 heavy (non-hydrogen) atoms. The lowest BCUT2D eigenvalue weighted by molar-refractivity contribution is -0.131. The minimum Gasteiger partial charge on any atom is -0.343 e. The lowest BCUT2D eigenvalue weighted by Gasteiger charge is -2.35. The number of benzene rings is 2. The van der Waals surface area contributed by atoms with Crippen LogP contribution in [0.4, 0.5) is 0 Å². The molecule has 2 aromatic carbocycles. The Morgan fingerprint density at radius 1 is 0.963 bits per heavy atom. The Hall–Kier alpha value is -2.66. The predicted molar refractivity (Wildman–Crippen MR) is 107 cm³/mol. The van der Waals surface area contributed by atoms with E-state index in [0.29, 0.717) is 18.7 Å². The van der Waals surface area contributed by atoms with Crippen LogP contribution in [0.25, 0.3) is 0 Å². The summed E-state index contributed by atoms with van der Waals surface area (Å²) in [5.41, 5.74) is 4.25. The molecule has 5 heteroatoms. The van der Waals surface area contributed by atoms with Crippen molar-refractivity contribution < 1.29 is 9.59 Å². The van der Waals surface area contributed by atoms with E-state index in [1.165, 1.54) is 11.1 Å². The van der Waals surface area contributed by atoms with Crippen LogP contribution in [0.1, 0.15) is 27.0 Å². The average molecular weight is 365 g/mol. The highest BCUT2D eigenvalue weighted by Crippen LogP contribution is 2.12. The minimum absolute atomic E-state index is 0.0217. The normalized spacial score (nSPS) is 14.8. The lowest BCUT2D eigenvalue weighted by atomic mass is 10.1. The third-order valence-corrected chi connectivity index (χ3v) is 5.06. The molecule has 0 radical (unpaired) electrons. The van der Waals surface area contributed by atoms with Crippen LogP contribution >= 0.6 is 0 Å². The van der Waals surface area contributed by atoms with Crippen molar-refractivity contribution in [2.75, 3.05) is 32.7 Å². The van der Waals surface area contributed by atoms with Crippen LogP contribution in [0.3, 0.4) is 0 Å². The molecule has 0 saturated carbocycles. The molecular weight excluding hydrogens is 338 g/mol. The third-order valence-electron chi connectivity index (χ3n) is 5.06. The Bertz CT molecular complexity index is 811. The number of carbonyl (C=O) groups excluding carboxylic acids is 2. The summed E-state index contributed by atoms with van der Waals surface area (Å²) in [7, 11) is 0. The molecule has 1 heterocycles. The SMILES string of the molecule is Cc1cccc(C(=O)NCC(=O)N2CCN(Cc3ccccc3C)CC2)c1. The van der Waals surface area contributed by atoms with E-state index in [1.807, 2.05) is 30.0 Å². The van der Waals surface area contributed by atoms with E-state index in [0.717, 1.165) is 25.2 Å². The summed E-state index contributed by atoms with van der Waals surface area (Å²) < 4.78 is 0. The van der Waals surface area contributed by atoms with Crippen molar-refractivity contribution in [3.05, 3.63) is 70.8 Å². The second-order valence-electron chi connectivity index (χ2n) is 7.14. The van der Waals surface area contributed by atoms with E-state index in [2.05, 4.69) is 41.4 Å². The van der Waals surface area contributed by atoms with Crippen molar-refractivity contribution in [3.63, 3.8) is 0 Å². The summed E-state index contributed by atoms with van der Waals surface area (Å²) in [6, 6.07) is 15.8. The van der Waals surface area contributed by atoms with Gasteiger partial charge in [-0.25, -0.2) is 0 Å². The molecule has 5 nitrogen and oxygen atoms in total. The van der Waals surface area contributed by atoms with Crippen LogP contribution in [0.2, 0.25) is 0 Å². The largest absolute Gasteiger partial charge is 0.343 e. The van der Waals surface area contributed by atoms with Crippen molar-refractivity contribution in [3.8, 4) is 0 Å². The van der Waals surface area contributed by atoms with Crippen molar-refractivity contribution >= 4 is 11.8 Å². The monoisotopic (exact) mass is 365 g/mol. The van der Waals surface area contributed by atoms with Gasteiger partial charge in [-0.1, -0.05) is 42.0 Å². The lowest BCUT2D eigenvalue weighted by Crippen LogP contribution is -2.50. The molecule has 2 aromatic rings. The van der Waals surface area contributed by atoms with Gasteiger partial charge in [0.15, 0.2) is 0 Å². The number of hydrogen-bond donors (Lipinski definition) is 1. The third kappa shape index (κ3) is 5.17. The van der Waals surface area contributed by atoms with E-state index in [1.54, 1.807) is 6.07 Å². The molecular formula is C22H27N3O2. The maximum absolute atomic E-state index is 12.4. The first kappa shape index (κ1) is 19.1. The summed E-state index contributed by atoms with van der Waals surface area (Å²) >= 11 is 0. The Kier molecular flexibility index (Phi) is 6.24. The van der Waals surface area contributed by atoms with Crippen molar-refractivity contribution in [1.29, 1.82) is 0 Å². The summed E-state index contributed by atoms with van der Waals surface area (Å²) in [5.74, 6) is -0.225. The van der Waals surface area contributed by atoms with Gasteiger partial charge in [0.2, 0.25) is 5.91 Å². The number of carbonyl (C=O) groups is 2. The first-order valence-electron chi connectivity index (χ1n) is 9.42. The molecule has 1 N–H and O–H groups in total. The molecule has 1 saturated heterocycles. The molecule has 1 aliphatic rings. The van der Waals surface area contributed by atoms with Crippen LogP contribution in [0, 0.1) is 13.8 Å². The molecule has 142 valence electrons. The molecule has 2 amide bonds. The van der Waals surface area contributed by atoms with Crippen LogP contribution in [-0.4, -0.2) is 54.3 Å². The zero-order valence-electron chi connectivity index (χ0n) is 16.1. The number of nitrogens with one attached hydrogen (secondary N) is 1. The number of aryl methyl sites for hydroxylation is 2. The van der Waals surface area contributed by atoms with Crippen LogP contribution in [0.15, 0.2) is 48.5 Å². The topological polar surface area (TPSA) is 52.7 Å². The van der Waals surface area contributed by atoms with E-state index in [4.69, 9.17) is 0 Å². The summed E-state index contributed by atoms with van der Waals surface area (Å²) in [4.78, 5) is 28.8. The smallest absolute Gasteiger partial charge is 0.251 e. The van der Waals surface area contributed by atoms with Crippen molar-refractivity contribution in [2.24, 2.45) is 0 Å². The van der Waals surface area contributed by atoms with Gasteiger partial charge in [-0.3, -0.25) is 14.5 Å². The van der Waals surface area contributed by atoms with Gasteiger partial charge in [0.25, 0.3) is 5.91 Å². The molecule has 0 aliphatic carbocycles. The highest BCUT2D eigenvalue weighted by atomic mass is 16.2. The number of amides is 2. The van der Waals surface area contributed by atoms with Crippen LogP contribution in [0.5, 0.6) is 0 Å². The van der Waals surface area contributed by atoms with Gasteiger partial charge < -0.3 is 10.2 Å². The molecule has 3 rings (SSSR count). The molecule has 0 aromatic heterocycles. The Morgan fingerprint density at radius 2 is 1.70 bits per heavy atom. The first-order valence-corrected chi connectivity index (χ1v) is 9.42. The quantitative estimate of drug-likeness (QED) is 0.885. The number of nitrogens with zero attached hydrogens (tertiary/aromatic N) is 2. The predicted octanol–water partition coefficient (Wildman–Crippen LogP) is 2.38. The van der Waals surface area contributed by atoms with E-state index in [-0.39, 0.29) is 18.4 Å². The Labute approximate surface area is 161 Å². The average Bonchev–Trinajstić information content (AvgIpc) is 2.68. The van der Waals surface area contributed by atoms with Crippen LogP contribution in [-0.2, 0) is 11.3 Å². The standard InChI is InChI=1S/C22H27N3O2/c1-17-6-5-9-19(14-17)22(27)23-15-21(26)25-12-10-24(11-13-25)16-20-8-4-3-7-18(20)2/h3-9,14H,10-13,15-16H2,1-2H3,(H,23,27). The number of piperazine rings is 1. The Morgan fingerprint density at radius 3 is 2.41 bits per heavy atom. The molecule has 1 fully saturated rings. The van der Waals surface area contributed by atoms with Crippen molar-refractivity contribution in [1.82, 2.24) is 15.1 Å². The molecule has 0 spiro atoms. The first-order chi connectivity index (χ1) is 13.0. The summed E-state index contributed by atoms with van der Waals surface area (Å²) in [6.07, 6.45) is 0. The number of rotatable bonds is 5. The molecule has 1 aliphatic heterocycles. The molecule has 0 atom stereocenters. The highest BCUT2D eigenvalue weighted by molar-refractivity contribution is 5.96. The van der Waals surface area contributed by atoms with Gasteiger partial charge in [0.1, 0.15) is 0 Å². The maximum Gasteiger partial charge on any atom is 0.251 e. The zero-order chi connectivity index (χ0) is 19.2. The fourth-order valence-electron chi connectivity index (χ4n) is 3.34. The molecule has 0 bridgehead atoms. The number of hydrogen-bond acceptors (Lipinski definition) is 3. The summed E-state index contributed by atoms with van der Waals surface area (Å²) in [6.45, 7) is 8.14. The van der Waals surface area contributed by atoms with Gasteiger partial charge in [0, 0.05) is 38.3 Å². The minimum atomic E-state index is -0.203. The zero-order valence-corrected chi connectivity index (χ0v) is 16.1. The van der Waals surface area contributed by atoms with E-state index < -0.39 is 0 Å². The van der Waals surface area contributed by atoms with Crippen molar-refractivity contribution in [2.45, 2.75) is 20.4 Å². The van der Waals surface area contributed by atoms with Crippen LogP contribution < -0.4 is 5.32 Å².